The minimum absolute atomic E-state index is 0.664. The van der Waals surface area contributed by atoms with E-state index in [-0.39, 0.29) is 0 Å². The fraction of sp³-hybridized carbons (Fsp3) is 0.214. The Labute approximate surface area is 105 Å². The van der Waals surface area contributed by atoms with Crippen LogP contribution in [0.1, 0.15) is 11.3 Å². The molecule has 18 heavy (non-hydrogen) atoms. The lowest BCUT2D eigenvalue weighted by Crippen LogP contribution is -2.03. The van der Waals surface area contributed by atoms with E-state index in [1.807, 2.05) is 30.1 Å². The molecular weight excluding hydrogens is 226 g/mol. The van der Waals surface area contributed by atoms with Gasteiger partial charge in [-0.15, -0.1) is 0 Å². The molecule has 0 fully saturated rings. The van der Waals surface area contributed by atoms with Crippen LogP contribution in [0.3, 0.4) is 0 Å². The van der Waals surface area contributed by atoms with Crippen LogP contribution >= 0.6 is 0 Å². The van der Waals surface area contributed by atoms with Crippen molar-refractivity contribution in [2.24, 2.45) is 0 Å². The van der Waals surface area contributed by atoms with E-state index in [0.717, 1.165) is 28.8 Å². The van der Waals surface area contributed by atoms with Gasteiger partial charge in [-0.05, 0) is 19.2 Å². The van der Waals surface area contributed by atoms with Gasteiger partial charge in [-0.25, -0.2) is 0 Å². The fourth-order valence-electron chi connectivity index (χ4n) is 2.11. The Hall–Kier alpha value is -2.07. The maximum atomic E-state index is 5.54. The van der Waals surface area contributed by atoms with E-state index in [9.17, 15) is 0 Å². The summed E-state index contributed by atoms with van der Waals surface area (Å²) in [6.45, 7) is 1.49. The molecule has 0 aliphatic heterocycles. The highest BCUT2D eigenvalue weighted by Crippen LogP contribution is 2.15. The molecule has 3 aromatic rings. The van der Waals surface area contributed by atoms with Gasteiger partial charge < -0.3 is 9.73 Å². The number of nitrogens with one attached hydrogen (secondary N) is 1. The third kappa shape index (κ3) is 2.02. The standard InChI is InChI=1S/C14H15N3O/c1-15-7-11-6-13(18-10-11)9-17-14-5-3-2-4-12(14)8-16-17/h2-6,8,10,15H,7,9H2,1H3. The molecule has 3 rings (SSSR count). The van der Waals surface area contributed by atoms with E-state index in [0.29, 0.717) is 6.54 Å². The van der Waals surface area contributed by atoms with Crippen molar-refractivity contribution in [1.29, 1.82) is 0 Å². The molecular formula is C14H15N3O. The molecule has 4 heteroatoms. The number of hydrogen-bond acceptors (Lipinski definition) is 3. The van der Waals surface area contributed by atoms with Gasteiger partial charge in [0.2, 0.25) is 0 Å². The lowest BCUT2D eigenvalue weighted by molar-refractivity contribution is 0.482. The lowest BCUT2D eigenvalue weighted by Gasteiger charge is -2.00. The van der Waals surface area contributed by atoms with Crippen LogP contribution in [0.25, 0.3) is 10.9 Å². The molecule has 0 saturated carbocycles. The molecule has 0 atom stereocenters. The van der Waals surface area contributed by atoms with Crippen molar-refractivity contribution >= 4 is 10.9 Å². The summed E-state index contributed by atoms with van der Waals surface area (Å²) >= 11 is 0. The molecule has 0 bridgehead atoms. The van der Waals surface area contributed by atoms with Crippen molar-refractivity contribution in [2.75, 3.05) is 7.05 Å². The molecule has 1 N–H and O–H groups in total. The third-order valence-electron chi connectivity index (χ3n) is 2.95. The Morgan fingerprint density at radius 2 is 2.22 bits per heavy atom. The third-order valence-corrected chi connectivity index (χ3v) is 2.95. The summed E-state index contributed by atoms with van der Waals surface area (Å²) in [5.41, 5.74) is 2.29. The second kappa shape index (κ2) is 4.66. The Morgan fingerprint density at radius 3 is 3.11 bits per heavy atom. The average Bonchev–Trinajstić information content (AvgIpc) is 2.99. The summed E-state index contributed by atoms with van der Waals surface area (Å²) in [6.07, 6.45) is 3.67. The van der Waals surface area contributed by atoms with Gasteiger partial charge in [-0.3, -0.25) is 4.68 Å². The molecule has 0 radical (unpaired) electrons. The van der Waals surface area contributed by atoms with Crippen LogP contribution in [0.4, 0.5) is 0 Å². The number of fused-ring (bicyclic) bond motifs is 1. The quantitative estimate of drug-likeness (QED) is 0.762. The Bertz CT molecular complexity index is 654. The molecule has 0 aliphatic rings. The second-order valence-corrected chi connectivity index (χ2v) is 4.31. The molecule has 0 aliphatic carbocycles. The van der Waals surface area contributed by atoms with E-state index in [1.54, 1.807) is 6.26 Å². The maximum absolute atomic E-state index is 5.54. The smallest absolute Gasteiger partial charge is 0.125 e. The largest absolute Gasteiger partial charge is 0.467 e. The number of nitrogens with zero attached hydrogens (tertiary/aromatic N) is 2. The van der Waals surface area contributed by atoms with Crippen LogP contribution in [0.2, 0.25) is 0 Å². The van der Waals surface area contributed by atoms with Crippen LogP contribution in [-0.2, 0) is 13.1 Å². The summed E-state index contributed by atoms with van der Waals surface area (Å²) in [5.74, 6) is 0.925. The summed E-state index contributed by atoms with van der Waals surface area (Å²) < 4.78 is 7.49. The molecule has 2 aromatic heterocycles. The van der Waals surface area contributed by atoms with Gasteiger partial charge in [0.25, 0.3) is 0 Å². The lowest BCUT2D eigenvalue weighted by atomic mass is 10.2. The number of para-hydroxylation sites is 1. The molecule has 0 spiro atoms. The van der Waals surface area contributed by atoms with Crippen molar-refractivity contribution in [2.45, 2.75) is 13.1 Å². The van der Waals surface area contributed by atoms with Crippen molar-refractivity contribution in [3.8, 4) is 0 Å². The first-order valence-corrected chi connectivity index (χ1v) is 5.98. The molecule has 92 valence electrons. The Morgan fingerprint density at radius 1 is 1.33 bits per heavy atom. The molecule has 0 unspecified atom stereocenters. The van der Waals surface area contributed by atoms with Crippen LogP contribution < -0.4 is 5.32 Å². The van der Waals surface area contributed by atoms with E-state index >= 15 is 0 Å². The fourth-order valence-corrected chi connectivity index (χ4v) is 2.11. The van der Waals surface area contributed by atoms with E-state index < -0.39 is 0 Å². The van der Waals surface area contributed by atoms with Crippen LogP contribution in [-0.4, -0.2) is 16.8 Å². The van der Waals surface area contributed by atoms with Gasteiger partial charge >= 0.3 is 0 Å². The highest BCUT2D eigenvalue weighted by atomic mass is 16.3. The Kier molecular flexibility index (Phi) is 2.86. The monoisotopic (exact) mass is 241 g/mol. The zero-order chi connectivity index (χ0) is 12.4. The van der Waals surface area contributed by atoms with Crippen molar-refractivity contribution < 1.29 is 4.42 Å². The van der Waals surface area contributed by atoms with Gasteiger partial charge in [0.15, 0.2) is 0 Å². The topological polar surface area (TPSA) is 43.0 Å². The first-order chi connectivity index (χ1) is 8.86. The minimum atomic E-state index is 0.664. The second-order valence-electron chi connectivity index (χ2n) is 4.31. The van der Waals surface area contributed by atoms with E-state index in [4.69, 9.17) is 4.42 Å². The SMILES string of the molecule is CNCc1coc(Cn2ncc3ccccc32)c1. The van der Waals surface area contributed by atoms with Gasteiger partial charge in [-0.1, -0.05) is 18.2 Å². The van der Waals surface area contributed by atoms with Crippen LogP contribution in [0, 0.1) is 0 Å². The molecule has 4 nitrogen and oxygen atoms in total. The highest BCUT2D eigenvalue weighted by molar-refractivity contribution is 5.78. The summed E-state index contributed by atoms with van der Waals surface area (Å²) in [7, 11) is 1.92. The van der Waals surface area contributed by atoms with Gasteiger partial charge in [-0.2, -0.15) is 5.10 Å². The summed E-state index contributed by atoms with van der Waals surface area (Å²) in [4.78, 5) is 0. The molecule has 0 saturated heterocycles. The molecule has 2 heterocycles. The predicted octanol–water partition coefficient (Wildman–Crippen LogP) is 2.40. The molecule has 0 amide bonds. The van der Waals surface area contributed by atoms with Crippen LogP contribution in [0.5, 0.6) is 0 Å². The predicted molar refractivity (Wildman–Crippen MR) is 70.3 cm³/mol. The number of hydrogen-bond donors (Lipinski definition) is 1. The number of furan rings is 1. The maximum Gasteiger partial charge on any atom is 0.125 e. The normalized spacial score (nSPS) is 11.2. The van der Waals surface area contributed by atoms with Crippen molar-refractivity contribution in [3.05, 3.63) is 54.1 Å². The van der Waals surface area contributed by atoms with Crippen molar-refractivity contribution in [1.82, 2.24) is 15.1 Å². The highest BCUT2D eigenvalue weighted by Gasteiger charge is 2.06. The van der Waals surface area contributed by atoms with E-state index in [2.05, 4.69) is 28.6 Å². The zero-order valence-corrected chi connectivity index (χ0v) is 10.3. The number of benzene rings is 1. The van der Waals surface area contributed by atoms with Gasteiger partial charge in [0, 0.05) is 17.5 Å². The van der Waals surface area contributed by atoms with Crippen molar-refractivity contribution in [3.63, 3.8) is 0 Å². The Balaban J connectivity index is 1.87. The minimum Gasteiger partial charge on any atom is -0.467 e. The van der Waals surface area contributed by atoms with Gasteiger partial charge in [0.05, 0.1) is 24.5 Å². The average molecular weight is 241 g/mol. The molecule has 1 aromatic carbocycles. The summed E-state index contributed by atoms with van der Waals surface area (Å²) in [5, 5.41) is 8.64. The first kappa shape index (κ1) is 11.0. The van der Waals surface area contributed by atoms with Crippen LogP contribution in [0.15, 0.2) is 47.2 Å². The van der Waals surface area contributed by atoms with Gasteiger partial charge in [0.1, 0.15) is 5.76 Å². The zero-order valence-electron chi connectivity index (χ0n) is 10.3. The number of rotatable bonds is 4. The van der Waals surface area contributed by atoms with E-state index in [1.165, 1.54) is 0 Å². The number of aromatic nitrogens is 2. The summed E-state index contributed by atoms with van der Waals surface area (Å²) in [6, 6.07) is 10.2. The first-order valence-electron chi connectivity index (χ1n) is 5.98.